The van der Waals surface area contributed by atoms with Crippen LogP contribution in [0.2, 0.25) is 0 Å². The van der Waals surface area contributed by atoms with Gasteiger partial charge in [-0.2, -0.15) is 0 Å². The normalized spacial score (nSPS) is 15.8. The van der Waals surface area contributed by atoms with Gasteiger partial charge in [0.2, 0.25) is 0 Å². The van der Waals surface area contributed by atoms with E-state index in [1.807, 2.05) is 31.2 Å². The first-order chi connectivity index (χ1) is 8.95. The summed E-state index contributed by atoms with van der Waals surface area (Å²) in [6.07, 6.45) is -0.892. The molecule has 0 heterocycles. The maximum Gasteiger partial charge on any atom is 0.323 e. The van der Waals surface area contributed by atoms with Gasteiger partial charge in [0.1, 0.15) is 6.04 Å². The minimum atomic E-state index is -1.14. The Bertz CT molecular complexity index is 402. The van der Waals surface area contributed by atoms with E-state index in [1.165, 1.54) is 12.5 Å². The molecule has 0 aliphatic rings. The number of carboxylic acid groups (broad SMARTS) is 1. The summed E-state index contributed by atoms with van der Waals surface area (Å²) in [4.78, 5) is 10.9. The number of aliphatic carboxylic acids is 1. The molecule has 3 unspecified atom stereocenters. The number of rotatable bonds is 7. The summed E-state index contributed by atoms with van der Waals surface area (Å²) < 4.78 is 0. The molecular weight excluding hydrogens is 246 g/mol. The van der Waals surface area contributed by atoms with Crippen molar-refractivity contribution in [3.05, 3.63) is 35.4 Å². The molecule has 1 rings (SSSR count). The lowest BCUT2D eigenvalue weighted by atomic mass is 10.1. The average Bonchev–Trinajstić information content (AvgIpc) is 2.38. The second-order valence-electron chi connectivity index (χ2n) is 4.58. The Morgan fingerprint density at radius 3 is 2.26 bits per heavy atom. The lowest BCUT2D eigenvalue weighted by molar-refractivity contribution is -0.142. The first kappa shape index (κ1) is 15.6. The maximum absolute atomic E-state index is 10.9. The quantitative estimate of drug-likeness (QED) is 0.584. The first-order valence-electron chi connectivity index (χ1n) is 6.36. The number of carbonyl (C=O) groups is 1. The molecule has 0 fully saturated rings. The summed E-state index contributed by atoms with van der Waals surface area (Å²) in [5.74, 6) is -1.14. The molecule has 0 saturated heterocycles. The average molecular weight is 267 g/mol. The SMILES string of the molecule is CCc1ccc(C(O)CNC(C(=O)O)C(C)O)cc1. The van der Waals surface area contributed by atoms with E-state index in [-0.39, 0.29) is 6.54 Å². The zero-order valence-corrected chi connectivity index (χ0v) is 11.2. The highest BCUT2D eigenvalue weighted by Crippen LogP contribution is 2.13. The minimum absolute atomic E-state index is 0.0767. The molecule has 106 valence electrons. The third-order valence-electron chi connectivity index (χ3n) is 3.05. The Balaban J connectivity index is 2.58. The van der Waals surface area contributed by atoms with Gasteiger partial charge < -0.3 is 15.3 Å². The lowest BCUT2D eigenvalue weighted by Gasteiger charge is -2.19. The van der Waals surface area contributed by atoms with Gasteiger partial charge in [-0.3, -0.25) is 10.1 Å². The number of carboxylic acids is 1. The largest absolute Gasteiger partial charge is 0.480 e. The highest BCUT2D eigenvalue weighted by atomic mass is 16.4. The third-order valence-corrected chi connectivity index (χ3v) is 3.05. The van der Waals surface area contributed by atoms with Crippen molar-refractivity contribution in [3.8, 4) is 0 Å². The van der Waals surface area contributed by atoms with Crippen molar-refractivity contribution in [3.63, 3.8) is 0 Å². The maximum atomic E-state index is 10.9. The standard InChI is InChI=1S/C14H21NO4/c1-3-10-4-6-11(7-5-10)12(17)8-15-13(9(2)16)14(18)19/h4-7,9,12-13,15-17H,3,8H2,1-2H3,(H,18,19). The van der Waals surface area contributed by atoms with E-state index >= 15 is 0 Å². The van der Waals surface area contributed by atoms with Crippen LogP contribution in [0.5, 0.6) is 0 Å². The van der Waals surface area contributed by atoms with Gasteiger partial charge in [0.05, 0.1) is 12.2 Å². The summed E-state index contributed by atoms with van der Waals surface area (Å²) in [6, 6.07) is 6.43. The van der Waals surface area contributed by atoms with E-state index in [9.17, 15) is 15.0 Å². The predicted molar refractivity (Wildman–Crippen MR) is 71.9 cm³/mol. The molecule has 0 aromatic heterocycles. The number of nitrogens with one attached hydrogen (secondary N) is 1. The Hall–Kier alpha value is -1.43. The van der Waals surface area contributed by atoms with Crippen LogP contribution >= 0.6 is 0 Å². The van der Waals surface area contributed by atoms with Crippen LogP contribution in [0.4, 0.5) is 0 Å². The van der Waals surface area contributed by atoms with Crippen LogP contribution in [0.15, 0.2) is 24.3 Å². The van der Waals surface area contributed by atoms with Crippen LogP contribution in [-0.4, -0.2) is 40.0 Å². The molecule has 0 amide bonds. The first-order valence-corrected chi connectivity index (χ1v) is 6.36. The fourth-order valence-corrected chi connectivity index (χ4v) is 1.80. The summed E-state index contributed by atoms with van der Waals surface area (Å²) in [6.45, 7) is 3.52. The second kappa shape index (κ2) is 7.23. The molecule has 0 radical (unpaired) electrons. The van der Waals surface area contributed by atoms with E-state index in [2.05, 4.69) is 5.32 Å². The molecule has 3 atom stereocenters. The van der Waals surface area contributed by atoms with Crippen molar-refractivity contribution in [2.75, 3.05) is 6.54 Å². The fourth-order valence-electron chi connectivity index (χ4n) is 1.80. The van der Waals surface area contributed by atoms with Gasteiger partial charge in [-0.1, -0.05) is 31.2 Å². The molecule has 0 aliphatic heterocycles. The molecule has 5 nitrogen and oxygen atoms in total. The van der Waals surface area contributed by atoms with Crippen LogP contribution in [-0.2, 0) is 11.2 Å². The number of hydrogen-bond donors (Lipinski definition) is 4. The molecule has 1 aromatic rings. The number of benzene rings is 1. The van der Waals surface area contributed by atoms with E-state index in [1.54, 1.807) is 0 Å². The van der Waals surface area contributed by atoms with E-state index in [4.69, 9.17) is 5.11 Å². The minimum Gasteiger partial charge on any atom is -0.480 e. The highest BCUT2D eigenvalue weighted by molar-refractivity contribution is 5.74. The van der Waals surface area contributed by atoms with Crippen molar-refractivity contribution < 1.29 is 20.1 Å². The second-order valence-corrected chi connectivity index (χ2v) is 4.58. The Labute approximate surface area is 112 Å². The van der Waals surface area contributed by atoms with Crippen molar-refractivity contribution in [1.82, 2.24) is 5.32 Å². The monoisotopic (exact) mass is 267 g/mol. The van der Waals surface area contributed by atoms with Crippen LogP contribution < -0.4 is 5.32 Å². The van der Waals surface area contributed by atoms with Gasteiger partial charge >= 0.3 is 5.97 Å². The topological polar surface area (TPSA) is 89.8 Å². The van der Waals surface area contributed by atoms with Gasteiger partial charge in [0.25, 0.3) is 0 Å². The zero-order chi connectivity index (χ0) is 14.4. The summed E-state index contributed by atoms with van der Waals surface area (Å²) >= 11 is 0. The molecule has 0 saturated carbocycles. The molecule has 5 heteroatoms. The molecule has 0 aliphatic carbocycles. The van der Waals surface area contributed by atoms with Crippen molar-refractivity contribution in [1.29, 1.82) is 0 Å². The fraction of sp³-hybridized carbons (Fsp3) is 0.500. The number of aryl methyl sites for hydroxylation is 1. The van der Waals surface area contributed by atoms with Crippen molar-refractivity contribution in [2.45, 2.75) is 38.5 Å². The van der Waals surface area contributed by atoms with Crippen molar-refractivity contribution in [2.24, 2.45) is 0 Å². The summed E-state index contributed by atoms with van der Waals surface area (Å²) in [5.41, 5.74) is 1.90. The van der Waals surface area contributed by atoms with Gasteiger partial charge in [0.15, 0.2) is 0 Å². The molecule has 1 aromatic carbocycles. The highest BCUT2D eigenvalue weighted by Gasteiger charge is 2.23. The number of aliphatic hydroxyl groups excluding tert-OH is 2. The Morgan fingerprint density at radius 2 is 1.84 bits per heavy atom. The third kappa shape index (κ3) is 4.63. The molecular formula is C14H21NO4. The molecule has 0 bridgehead atoms. The molecule has 19 heavy (non-hydrogen) atoms. The summed E-state index contributed by atoms with van der Waals surface area (Å²) in [5, 5.41) is 30.8. The number of aliphatic hydroxyl groups is 2. The predicted octanol–water partition coefficient (Wildman–Crippen LogP) is 0.706. The van der Waals surface area contributed by atoms with E-state index in [0.29, 0.717) is 0 Å². The van der Waals surface area contributed by atoms with Gasteiger partial charge in [-0.15, -0.1) is 0 Å². The smallest absolute Gasteiger partial charge is 0.323 e. The zero-order valence-electron chi connectivity index (χ0n) is 11.2. The van der Waals surface area contributed by atoms with Crippen LogP contribution in [0, 0.1) is 0 Å². The Morgan fingerprint density at radius 1 is 1.26 bits per heavy atom. The molecule has 4 N–H and O–H groups in total. The van der Waals surface area contributed by atoms with E-state index in [0.717, 1.165) is 12.0 Å². The van der Waals surface area contributed by atoms with Gasteiger partial charge in [0, 0.05) is 6.54 Å². The Kier molecular flexibility index (Phi) is 5.95. The van der Waals surface area contributed by atoms with Crippen LogP contribution in [0.25, 0.3) is 0 Å². The van der Waals surface area contributed by atoms with Crippen molar-refractivity contribution >= 4 is 5.97 Å². The van der Waals surface area contributed by atoms with E-state index < -0.39 is 24.2 Å². The molecule has 0 spiro atoms. The lowest BCUT2D eigenvalue weighted by Crippen LogP contribution is -2.46. The number of hydrogen-bond acceptors (Lipinski definition) is 4. The van der Waals surface area contributed by atoms with Crippen LogP contribution in [0.3, 0.4) is 0 Å². The summed E-state index contributed by atoms with van der Waals surface area (Å²) in [7, 11) is 0. The van der Waals surface area contributed by atoms with Crippen LogP contribution in [0.1, 0.15) is 31.1 Å². The van der Waals surface area contributed by atoms with Gasteiger partial charge in [-0.05, 0) is 24.5 Å². The van der Waals surface area contributed by atoms with Gasteiger partial charge in [-0.25, -0.2) is 0 Å².